The number of hydrogen-bond acceptors (Lipinski definition) is 6. The van der Waals surface area contributed by atoms with Crippen molar-refractivity contribution in [1.29, 1.82) is 0 Å². The van der Waals surface area contributed by atoms with Crippen LogP contribution in [0.5, 0.6) is 0 Å². The van der Waals surface area contributed by atoms with E-state index in [-0.39, 0.29) is 30.3 Å². The lowest BCUT2D eigenvalue weighted by Crippen LogP contribution is -2.31. The number of benzene rings is 2. The first-order chi connectivity index (χ1) is 14.8. The number of nitrogens with zero attached hydrogens (tertiary/aromatic N) is 1. The van der Waals surface area contributed by atoms with Crippen molar-refractivity contribution in [2.24, 2.45) is 0 Å². The molecule has 0 unspecified atom stereocenters. The summed E-state index contributed by atoms with van der Waals surface area (Å²) in [5.41, 5.74) is 2.45. The summed E-state index contributed by atoms with van der Waals surface area (Å²) in [6, 6.07) is 15.5. The Kier molecular flexibility index (Phi) is 7.38. The first-order valence-corrected chi connectivity index (χ1v) is 10.7. The van der Waals surface area contributed by atoms with Crippen LogP contribution >= 0.6 is 24.0 Å². The van der Waals surface area contributed by atoms with E-state index < -0.39 is 5.97 Å². The highest BCUT2D eigenvalue weighted by atomic mass is 32.2. The zero-order valence-electron chi connectivity index (χ0n) is 16.7. The minimum atomic E-state index is -1.28. The number of rotatable bonds is 7. The summed E-state index contributed by atoms with van der Waals surface area (Å²) in [6.07, 6.45) is 3.83. The molecule has 1 N–H and O–H groups in total. The number of anilines is 1. The molecule has 158 valence electrons. The molecule has 0 atom stereocenters. The molecule has 6 nitrogen and oxygen atoms in total. The third-order valence-corrected chi connectivity index (χ3v) is 5.77. The van der Waals surface area contributed by atoms with E-state index in [0.717, 1.165) is 11.1 Å². The molecule has 1 aliphatic rings. The molecule has 1 saturated heterocycles. The topological polar surface area (TPSA) is 89.5 Å². The number of nitrogens with one attached hydrogen (secondary N) is 1. The van der Waals surface area contributed by atoms with Gasteiger partial charge in [-0.3, -0.25) is 14.5 Å². The van der Waals surface area contributed by atoms with Crippen molar-refractivity contribution in [3.8, 4) is 0 Å². The van der Waals surface area contributed by atoms with E-state index in [0.29, 0.717) is 14.9 Å². The van der Waals surface area contributed by atoms with Crippen molar-refractivity contribution in [3.05, 3.63) is 82.3 Å². The number of hydrogen-bond donors (Lipinski definition) is 1. The number of carboxylic acids is 1. The Morgan fingerprint density at radius 2 is 1.81 bits per heavy atom. The molecular formula is C23H19N2O4S2-. The van der Waals surface area contributed by atoms with Crippen LogP contribution < -0.4 is 10.4 Å². The van der Waals surface area contributed by atoms with Crippen LogP contribution in [0.15, 0.2) is 71.2 Å². The van der Waals surface area contributed by atoms with E-state index in [2.05, 4.69) is 5.32 Å². The Labute approximate surface area is 189 Å². The highest BCUT2D eigenvalue weighted by molar-refractivity contribution is 8.26. The van der Waals surface area contributed by atoms with Gasteiger partial charge in [0, 0.05) is 18.7 Å². The van der Waals surface area contributed by atoms with Crippen molar-refractivity contribution in [3.63, 3.8) is 0 Å². The Bertz CT molecular complexity index is 1080. The molecule has 1 heterocycles. The number of thiocarbonyl (C=S) groups is 1. The summed E-state index contributed by atoms with van der Waals surface area (Å²) in [7, 11) is 0. The van der Waals surface area contributed by atoms with E-state index >= 15 is 0 Å². The molecular weight excluding hydrogens is 432 g/mol. The molecule has 2 aromatic carbocycles. The van der Waals surface area contributed by atoms with Crippen LogP contribution in [0.3, 0.4) is 0 Å². The van der Waals surface area contributed by atoms with Gasteiger partial charge in [-0.05, 0) is 41.8 Å². The largest absolute Gasteiger partial charge is 0.545 e. The van der Waals surface area contributed by atoms with E-state index in [1.54, 1.807) is 6.08 Å². The van der Waals surface area contributed by atoms with Gasteiger partial charge < -0.3 is 15.2 Å². The van der Waals surface area contributed by atoms with Crippen LogP contribution in [-0.2, 0) is 9.59 Å². The Morgan fingerprint density at radius 3 is 2.45 bits per heavy atom. The molecule has 0 aromatic heterocycles. The van der Waals surface area contributed by atoms with Gasteiger partial charge in [-0.15, -0.1) is 0 Å². The van der Waals surface area contributed by atoms with Gasteiger partial charge in [0.25, 0.3) is 5.91 Å². The standard InChI is InChI=1S/C23H20N2O4S2/c1-15(13-16-5-3-2-4-6-16)14-19-21(27)25(23(30)31-19)12-11-20(26)24-18-9-7-17(8-10-18)22(28)29/h2-10,13-14H,11-12H2,1H3,(H,24,26)(H,28,29)/p-1/b15-13-,19-14+. The lowest BCUT2D eigenvalue weighted by atomic mass is 10.1. The lowest BCUT2D eigenvalue weighted by molar-refractivity contribution is -0.255. The smallest absolute Gasteiger partial charge is 0.266 e. The summed E-state index contributed by atoms with van der Waals surface area (Å²) < 4.78 is 0.412. The molecule has 0 spiro atoms. The number of allylic oxidation sites excluding steroid dienone is 2. The second-order valence-electron chi connectivity index (χ2n) is 6.80. The van der Waals surface area contributed by atoms with E-state index in [1.807, 2.05) is 43.3 Å². The quantitative estimate of drug-likeness (QED) is 0.514. The van der Waals surface area contributed by atoms with Gasteiger partial charge in [0.1, 0.15) is 4.32 Å². The molecule has 0 saturated carbocycles. The van der Waals surface area contributed by atoms with Gasteiger partial charge in [-0.25, -0.2) is 0 Å². The molecule has 31 heavy (non-hydrogen) atoms. The van der Waals surface area contributed by atoms with Crippen molar-refractivity contribution in [2.45, 2.75) is 13.3 Å². The van der Waals surface area contributed by atoms with Crippen LogP contribution in [0, 0.1) is 0 Å². The minimum absolute atomic E-state index is 0.0268. The summed E-state index contributed by atoms with van der Waals surface area (Å²) in [5.74, 6) is -1.81. The first-order valence-electron chi connectivity index (χ1n) is 9.43. The van der Waals surface area contributed by atoms with Gasteiger partial charge in [0.2, 0.25) is 5.91 Å². The van der Waals surface area contributed by atoms with E-state index in [9.17, 15) is 19.5 Å². The van der Waals surface area contributed by atoms with Gasteiger partial charge in [0.05, 0.1) is 10.9 Å². The Hall–Kier alpha value is -3.23. The maximum Gasteiger partial charge on any atom is 0.266 e. The zero-order chi connectivity index (χ0) is 22.4. The van der Waals surface area contributed by atoms with Gasteiger partial charge in [-0.1, -0.05) is 72.5 Å². The molecule has 2 aromatic rings. The van der Waals surface area contributed by atoms with Crippen LogP contribution in [-0.4, -0.2) is 33.5 Å². The summed E-state index contributed by atoms with van der Waals surface area (Å²) in [6.45, 7) is 2.07. The molecule has 3 rings (SSSR count). The predicted molar refractivity (Wildman–Crippen MR) is 124 cm³/mol. The van der Waals surface area contributed by atoms with Crippen molar-refractivity contribution < 1.29 is 19.5 Å². The summed E-state index contributed by atoms with van der Waals surface area (Å²) >= 11 is 6.53. The fourth-order valence-corrected chi connectivity index (χ4v) is 4.24. The van der Waals surface area contributed by atoms with Crippen LogP contribution in [0.25, 0.3) is 6.08 Å². The number of carboxylic acid groups (broad SMARTS) is 1. The summed E-state index contributed by atoms with van der Waals surface area (Å²) in [4.78, 5) is 37.6. The van der Waals surface area contributed by atoms with Crippen molar-refractivity contribution in [2.75, 3.05) is 11.9 Å². The maximum absolute atomic E-state index is 12.7. The summed E-state index contributed by atoms with van der Waals surface area (Å²) in [5, 5.41) is 13.4. The number of thioether (sulfide) groups is 1. The normalized spacial score (nSPS) is 15.5. The third kappa shape index (κ3) is 6.13. The molecule has 2 amide bonds. The van der Waals surface area contributed by atoms with E-state index in [4.69, 9.17) is 12.2 Å². The van der Waals surface area contributed by atoms with Crippen molar-refractivity contribution in [1.82, 2.24) is 4.90 Å². The highest BCUT2D eigenvalue weighted by Crippen LogP contribution is 2.32. The average Bonchev–Trinajstić information content (AvgIpc) is 3.00. The highest BCUT2D eigenvalue weighted by Gasteiger charge is 2.32. The number of amides is 2. The number of carbonyl (C=O) groups excluding carboxylic acids is 3. The lowest BCUT2D eigenvalue weighted by Gasteiger charge is -2.14. The molecule has 0 radical (unpaired) electrons. The van der Waals surface area contributed by atoms with Crippen LogP contribution in [0.1, 0.15) is 29.3 Å². The average molecular weight is 452 g/mol. The fourth-order valence-electron chi connectivity index (χ4n) is 2.88. The van der Waals surface area contributed by atoms with Crippen molar-refractivity contribution >= 4 is 57.8 Å². The van der Waals surface area contributed by atoms with Crippen LogP contribution in [0.4, 0.5) is 5.69 Å². The molecule has 1 aliphatic heterocycles. The van der Waals surface area contributed by atoms with Gasteiger partial charge >= 0.3 is 0 Å². The third-order valence-electron chi connectivity index (χ3n) is 4.39. The number of carbonyl (C=O) groups is 3. The molecule has 1 fully saturated rings. The maximum atomic E-state index is 12.7. The Balaban J connectivity index is 1.57. The monoisotopic (exact) mass is 451 g/mol. The second-order valence-corrected chi connectivity index (χ2v) is 8.47. The van der Waals surface area contributed by atoms with Gasteiger partial charge in [0.15, 0.2) is 0 Å². The molecule has 0 aliphatic carbocycles. The second kappa shape index (κ2) is 10.2. The molecule has 0 bridgehead atoms. The Morgan fingerprint density at radius 1 is 1.13 bits per heavy atom. The van der Waals surface area contributed by atoms with Gasteiger partial charge in [-0.2, -0.15) is 0 Å². The zero-order valence-corrected chi connectivity index (χ0v) is 18.3. The minimum Gasteiger partial charge on any atom is -0.545 e. The molecule has 8 heteroatoms. The first kappa shape index (κ1) is 22.5. The SMILES string of the molecule is CC(=C/c1ccccc1)/C=C1/SC(=S)N(CCC(=O)Nc2ccc(C(=O)[O-])cc2)C1=O. The predicted octanol–water partition coefficient (Wildman–Crippen LogP) is 3.23. The van der Waals surface area contributed by atoms with E-state index in [1.165, 1.54) is 40.9 Å². The van der Waals surface area contributed by atoms with Crippen LogP contribution in [0.2, 0.25) is 0 Å². The number of aromatic carboxylic acids is 1. The fraction of sp³-hybridized carbons (Fsp3) is 0.130.